The number of aliphatic hydroxyl groups is 1. The molecule has 2 saturated heterocycles. The summed E-state index contributed by atoms with van der Waals surface area (Å²) in [6.45, 7) is 4.90. The van der Waals surface area contributed by atoms with Crippen LogP contribution in [-0.4, -0.2) is 68.4 Å². The maximum absolute atomic E-state index is 12.4. The molecule has 0 radical (unpaired) electrons. The number of nitrogens with two attached hydrogens (primary N) is 1. The number of aromatic nitrogens is 1. The number of aliphatic hydroxyl groups excluding tert-OH is 1. The van der Waals surface area contributed by atoms with Crippen LogP contribution in [0, 0.1) is 11.8 Å². The van der Waals surface area contributed by atoms with Crippen molar-refractivity contribution in [2.45, 2.75) is 37.7 Å². The lowest BCUT2D eigenvalue weighted by Crippen LogP contribution is -2.63. The van der Waals surface area contributed by atoms with E-state index >= 15 is 0 Å². The summed E-state index contributed by atoms with van der Waals surface area (Å²) in [5.41, 5.74) is 5.57. The number of carboxylic acids is 1. The molecule has 3 aliphatic rings. The number of thiazole rings is 1. The molecule has 0 saturated carbocycles. The van der Waals surface area contributed by atoms with E-state index in [0.29, 0.717) is 11.4 Å². The van der Waals surface area contributed by atoms with Gasteiger partial charge < -0.3 is 25.7 Å². The van der Waals surface area contributed by atoms with Gasteiger partial charge in [-0.25, -0.2) is 9.78 Å². The van der Waals surface area contributed by atoms with Gasteiger partial charge >= 0.3 is 5.97 Å². The van der Waals surface area contributed by atoms with E-state index in [1.54, 1.807) is 12.3 Å². The number of rotatable bonds is 6. The SMILES string of the molecule is CC(O)C1C(=O)N2C(C(=O)O)=C(S[C@H]3CCN(c4nc(C(N)=O)cs4)C3)[C@H](C)C12. The Kier molecular flexibility index (Phi) is 5.07. The van der Waals surface area contributed by atoms with Crippen molar-refractivity contribution in [3.05, 3.63) is 21.7 Å². The van der Waals surface area contributed by atoms with Crippen molar-refractivity contribution in [1.82, 2.24) is 9.88 Å². The number of carboxylic acid groups (broad SMARTS) is 1. The fourth-order valence-corrected chi connectivity index (χ4v) is 6.72. The number of hydrogen-bond acceptors (Lipinski definition) is 8. The molecule has 3 unspecified atom stereocenters. The minimum atomic E-state index is -1.11. The lowest BCUT2D eigenvalue weighted by molar-refractivity contribution is -0.163. The third kappa shape index (κ3) is 3.21. The highest BCUT2D eigenvalue weighted by atomic mass is 32.2. The van der Waals surface area contributed by atoms with Crippen LogP contribution in [0.2, 0.25) is 0 Å². The average molecular weight is 439 g/mol. The van der Waals surface area contributed by atoms with Gasteiger partial charge in [-0.2, -0.15) is 0 Å². The van der Waals surface area contributed by atoms with Gasteiger partial charge in [-0.3, -0.25) is 9.59 Å². The largest absolute Gasteiger partial charge is 0.477 e. The first-order valence-corrected chi connectivity index (χ1v) is 11.1. The number of fused-ring (bicyclic) bond motifs is 1. The van der Waals surface area contributed by atoms with Crippen molar-refractivity contribution in [3.8, 4) is 0 Å². The molecule has 4 N–H and O–H groups in total. The molecule has 11 heteroatoms. The summed E-state index contributed by atoms with van der Waals surface area (Å²) in [5.74, 6) is -2.69. The lowest BCUT2D eigenvalue weighted by Gasteiger charge is -2.46. The third-order valence-corrected chi connectivity index (χ3v) is 8.20. The highest BCUT2D eigenvalue weighted by molar-refractivity contribution is 8.03. The summed E-state index contributed by atoms with van der Waals surface area (Å²) in [6, 6.07) is -0.300. The second kappa shape index (κ2) is 7.29. The average Bonchev–Trinajstić information content (AvgIpc) is 3.33. The number of primary amides is 1. The molecule has 2 amide bonds. The van der Waals surface area contributed by atoms with Crippen molar-refractivity contribution >= 4 is 46.0 Å². The van der Waals surface area contributed by atoms with Crippen LogP contribution in [-0.2, 0) is 9.59 Å². The maximum Gasteiger partial charge on any atom is 0.353 e. The minimum absolute atomic E-state index is 0.0538. The summed E-state index contributed by atoms with van der Waals surface area (Å²) < 4.78 is 0. The first-order valence-electron chi connectivity index (χ1n) is 9.36. The smallest absolute Gasteiger partial charge is 0.353 e. The van der Waals surface area contributed by atoms with Crippen LogP contribution < -0.4 is 10.6 Å². The normalized spacial score (nSPS) is 29.8. The van der Waals surface area contributed by atoms with Gasteiger partial charge in [-0.1, -0.05) is 6.92 Å². The molecule has 1 aromatic rings. The van der Waals surface area contributed by atoms with Gasteiger partial charge in [0.15, 0.2) is 5.13 Å². The molecule has 2 fully saturated rings. The van der Waals surface area contributed by atoms with E-state index in [9.17, 15) is 24.6 Å². The first kappa shape index (κ1) is 20.2. The van der Waals surface area contributed by atoms with Gasteiger partial charge in [0, 0.05) is 34.5 Å². The zero-order chi connectivity index (χ0) is 21.0. The Labute approximate surface area is 175 Å². The van der Waals surface area contributed by atoms with E-state index in [0.717, 1.165) is 18.1 Å². The Morgan fingerprint density at radius 2 is 2.17 bits per heavy atom. The van der Waals surface area contributed by atoms with E-state index in [-0.39, 0.29) is 34.5 Å². The van der Waals surface area contributed by atoms with Crippen LogP contribution in [0.25, 0.3) is 0 Å². The molecule has 0 aliphatic carbocycles. The summed E-state index contributed by atoms with van der Waals surface area (Å²) in [6.07, 6.45) is 0.0227. The molecule has 4 rings (SSSR count). The predicted octanol–water partition coefficient (Wildman–Crippen LogP) is 0.708. The van der Waals surface area contributed by atoms with Crippen molar-refractivity contribution in [1.29, 1.82) is 0 Å². The van der Waals surface area contributed by atoms with Crippen molar-refractivity contribution in [2.75, 3.05) is 18.0 Å². The number of amides is 2. The number of β-lactam (4-membered cyclic amide) rings is 1. The zero-order valence-electron chi connectivity index (χ0n) is 15.9. The van der Waals surface area contributed by atoms with Gasteiger partial charge in [0.05, 0.1) is 18.1 Å². The second-order valence-electron chi connectivity index (χ2n) is 7.63. The first-order chi connectivity index (χ1) is 13.7. The van der Waals surface area contributed by atoms with Crippen LogP contribution in [0.3, 0.4) is 0 Å². The van der Waals surface area contributed by atoms with Crippen molar-refractivity contribution < 1.29 is 24.6 Å². The fraction of sp³-hybridized carbons (Fsp3) is 0.556. The highest BCUT2D eigenvalue weighted by Gasteiger charge is 2.60. The maximum atomic E-state index is 12.4. The third-order valence-electron chi connectivity index (χ3n) is 5.76. The number of carbonyl (C=O) groups is 3. The number of nitrogens with zero attached hydrogens (tertiary/aromatic N) is 3. The molecule has 0 bridgehead atoms. The lowest BCUT2D eigenvalue weighted by atomic mass is 9.79. The molecule has 5 atom stereocenters. The topological polar surface area (TPSA) is 137 Å². The van der Waals surface area contributed by atoms with Crippen LogP contribution in [0.5, 0.6) is 0 Å². The molecule has 9 nitrogen and oxygen atoms in total. The Bertz CT molecular complexity index is 914. The molecular formula is C18H22N4O5S2. The predicted molar refractivity (Wildman–Crippen MR) is 108 cm³/mol. The van der Waals surface area contributed by atoms with Gasteiger partial charge in [0.25, 0.3) is 5.91 Å². The molecule has 0 spiro atoms. The monoisotopic (exact) mass is 438 g/mol. The number of aliphatic carboxylic acids is 1. The molecule has 4 heterocycles. The fourth-order valence-electron chi connectivity index (χ4n) is 4.38. The minimum Gasteiger partial charge on any atom is -0.477 e. The van der Waals surface area contributed by atoms with E-state index in [1.165, 1.54) is 28.0 Å². The standard InChI is InChI=1S/C18H22N4O5S2/c1-7-12-11(8(2)23)16(25)22(12)13(17(26)27)14(7)29-9-3-4-21(5-9)18-20-10(6-28-18)15(19)24/h6-9,11-12,23H,3-5H2,1-2H3,(H2,19,24)(H,26,27)/t7-,8?,9+,11?,12?/m1/s1. The number of hydrogen-bond donors (Lipinski definition) is 3. The van der Waals surface area contributed by atoms with Crippen LogP contribution in [0.1, 0.15) is 30.8 Å². The van der Waals surface area contributed by atoms with Gasteiger partial charge in [0.1, 0.15) is 11.4 Å². The summed E-state index contributed by atoms with van der Waals surface area (Å²) in [7, 11) is 0. The van der Waals surface area contributed by atoms with E-state index in [2.05, 4.69) is 9.88 Å². The van der Waals surface area contributed by atoms with Crippen molar-refractivity contribution in [2.24, 2.45) is 17.6 Å². The van der Waals surface area contributed by atoms with Crippen LogP contribution in [0.4, 0.5) is 5.13 Å². The number of carbonyl (C=O) groups excluding carboxylic acids is 2. The van der Waals surface area contributed by atoms with Gasteiger partial charge in [0.2, 0.25) is 5.91 Å². The molecule has 29 heavy (non-hydrogen) atoms. The Morgan fingerprint density at radius 1 is 1.45 bits per heavy atom. The van der Waals surface area contributed by atoms with E-state index in [4.69, 9.17) is 5.73 Å². The Hall–Kier alpha value is -2.11. The van der Waals surface area contributed by atoms with E-state index < -0.39 is 23.9 Å². The van der Waals surface area contributed by atoms with Crippen molar-refractivity contribution in [3.63, 3.8) is 0 Å². The summed E-state index contributed by atoms with van der Waals surface area (Å²) in [5, 5.41) is 22.2. The highest BCUT2D eigenvalue weighted by Crippen LogP contribution is 2.52. The number of anilines is 1. The Morgan fingerprint density at radius 3 is 2.76 bits per heavy atom. The molecular weight excluding hydrogens is 416 g/mol. The van der Waals surface area contributed by atoms with E-state index in [1.807, 2.05) is 6.92 Å². The van der Waals surface area contributed by atoms with Crippen LogP contribution >= 0.6 is 23.1 Å². The van der Waals surface area contributed by atoms with Gasteiger partial charge in [-0.05, 0) is 13.3 Å². The second-order valence-corrected chi connectivity index (χ2v) is 9.80. The molecule has 156 valence electrons. The summed E-state index contributed by atoms with van der Waals surface area (Å²) >= 11 is 2.86. The zero-order valence-corrected chi connectivity index (χ0v) is 17.6. The molecule has 1 aromatic heterocycles. The molecule has 0 aromatic carbocycles. The quantitative estimate of drug-likeness (QED) is 0.552. The molecule has 3 aliphatic heterocycles. The Balaban J connectivity index is 1.51. The number of thioether (sulfide) groups is 1. The van der Waals surface area contributed by atoms with Gasteiger partial charge in [-0.15, -0.1) is 23.1 Å². The van der Waals surface area contributed by atoms with Crippen LogP contribution in [0.15, 0.2) is 16.0 Å². The summed E-state index contributed by atoms with van der Waals surface area (Å²) in [4.78, 5) is 44.0.